The van der Waals surface area contributed by atoms with E-state index in [4.69, 9.17) is 0 Å². The summed E-state index contributed by atoms with van der Waals surface area (Å²) in [7, 11) is 1.83. The number of amides is 1. The van der Waals surface area contributed by atoms with Gasteiger partial charge in [-0.05, 0) is 12.5 Å². The third-order valence-electron chi connectivity index (χ3n) is 2.83. The molecule has 17 heavy (non-hydrogen) atoms. The second-order valence-electron chi connectivity index (χ2n) is 4.17. The first-order valence-corrected chi connectivity index (χ1v) is 5.69. The minimum absolute atomic E-state index is 0.0115. The number of hydrogen-bond acceptors (Lipinski definition) is 4. The SMILES string of the molecule is CC(C(=O)NCCc1ncn(C)n1)=C1CNC1. The summed E-state index contributed by atoms with van der Waals surface area (Å²) < 4.78 is 1.66. The van der Waals surface area contributed by atoms with Gasteiger partial charge in [0.2, 0.25) is 5.91 Å². The molecule has 0 radical (unpaired) electrons. The topological polar surface area (TPSA) is 71.8 Å². The van der Waals surface area contributed by atoms with Gasteiger partial charge in [0, 0.05) is 38.7 Å². The normalized spacial score (nSPS) is 14.4. The van der Waals surface area contributed by atoms with Gasteiger partial charge in [-0.25, -0.2) is 4.98 Å². The zero-order chi connectivity index (χ0) is 12.3. The maximum Gasteiger partial charge on any atom is 0.246 e. The standard InChI is InChI=1S/C11H17N5O/c1-8(9-5-12-6-9)11(17)13-4-3-10-14-7-16(2)15-10/h7,12H,3-6H2,1-2H3,(H,13,17). The van der Waals surface area contributed by atoms with Crippen LogP contribution in [0.25, 0.3) is 0 Å². The van der Waals surface area contributed by atoms with Crippen molar-refractivity contribution in [1.82, 2.24) is 25.4 Å². The average molecular weight is 235 g/mol. The highest BCUT2D eigenvalue weighted by atomic mass is 16.1. The molecule has 2 rings (SSSR count). The predicted octanol–water partition coefficient (Wildman–Crippen LogP) is -0.606. The van der Waals surface area contributed by atoms with Crippen molar-refractivity contribution < 1.29 is 4.79 Å². The van der Waals surface area contributed by atoms with Gasteiger partial charge in [0.25, 0.3) is 0 Å². The van der Waals surface area contributed by atoms with E-state index in [1.807, 2.05) is 14.0 Å². The van der Waals surface area contributed by atoms with Gasteiger partial charge in [-0.2, -0.15) is 5.10 Å². The molecule has 0 atom stereocenters. The Morgan fingerprint density at radius 1 is 1.59 bits per heavy atom. The molecule has 0 saturated carbocycles. The molecule has 0 spiro atoms. The molecule has 0 aromatic carbocycles. The lowest BCUT2D eigenvalue weighted by molar-refractivity contribution is -0.117. The first-order valence-electron chi connectivity index (χ1n) is 5.69. The van der Waals surface area contributed by atoms with Crippen LogP contribution in [0.2, 0.25) is 0 Å². The van der Waals surface area contributed by atoms with Crippen LogP contribution < -0.4 is 10.6 Å². The number of nitrogens with zero attached hydrogens (tertiary/aromatic N) is 3. The van der Waals surface area contributed by atoms with Crippen LogP contribution in [0.3, 0.4) is 0 Å². The van der Waals surface area contributed by atoms with Crippen molar-refractivity contribution in [3.63, 3.8) is 0 Å². The fourth-order valence-electron chi connectivity index (χ4n) is 1.59. The molecule has 92 valence electrons. The van der Waals surface area contributed by atoms with Crippen LogP contribution >= 0.6 is 0 Å². The van der Waals surface area contributed by atoms with Crippen LogP contribution in [0.1, 0.15) is 12.7 Å². The first kappa shape index (κ1) is 11.8. The fourth-order valence-corrected chi connectivity index (χ4v) is 1.59. The van der Waals surface area contributed by atoms with E-state index >= 15 is 0 Å². The third-order valence-corrected chi connectivity index (χ3v) is 2.83. The van der Waals surface area contributed by atoms with Gasteiger partial charge in [-0.15, -0.1) is 0 Å². The number of rotatable bonds is 4. The smallest absolute Gasteiger partial charge is 0.246 e. The lowest BCUT2D eigenvalue weighted by Gasteiger charge is -2.21. The predicted molar refractivity (Wildman–Crippen MR) is 63.3 cm³/mol. The maximum atomic E-state index is 11.7. The van der Waals surface area contributed by atoms with Crippen molar-refractivity contribution in [3.05, 3.63) is 23.3 Å². The lowest BCUT2D eigenvalue weighted by Crippen LogP contribution is -2.38. The van der Waals surface area contributed by atoms with E-state index in [0.717, 1.165) is 24.5 Å². The zero-order valence-corrected chi connectivity index (χ0v) is 10.2. The summed E-state index contributed by atoms with van der Waals surface area (Å²) in [6.45, 7) is 4.10. The van der Waals surface area contributed by atoms with E-state index in [0.29, 0.717) is 13.0 Å². The summed E-state index contributed by atoms with van der Waals surface area (Å²) in [5.41, 5.74) is 2.02. The molecule has 1 aromatic rings. The Morgan fingerprint density at radius 2 is 2.35 bits per heavy atom. The Kier molecular flexibility index (Phi) is 3.53. The molecule has 1 fully saturated rings. The Bertz CT molecular complexity index is 442. The highest BCUT2D eigenvalue weighted by Crippen LogP contribution is 2.08. The van der Waals surface area contributed by atoms with E-state index in [9.17, 15) is 4.79 Å². The fraction of sp³-hybridized carbons (Fsp3) is 0.545. The van der Waals surface area contributed by atoms with Gasteiger partial charge in [0.15, 0.2) is 5.82 Å². The average Bonchev–Trinajstić information content (AvgIpc) is 2.61. The zero-order valence-electron chi connectivity index (χ0n) is 10.2. The van der Waals surface area contributed by atoms with Crippen LogP contribution in [-0.4, -0.2) is 40.3 Å². The van der Waals surface area contributed by atoms with Crippen LogP contribution in [0, 0.1) is 0 Å². The molecule has 1 saturated heterocycles. The molecular weight excluding hydrogens is 218 g/mol. The van der Waals surface area contributed by atoms with Crippen molar-refractivity contribution in [3.8, 4) is 0 Å². The van der Waals surface area contributed by atoms with Crippen LogP contribution in [0.4, 0.5) is 0 Å². The second-order valence-corrected chi connectivity index (χ2v) is 4.17. The van der Waals surface area contributed by atoms with Crippen LogP contribution in [0.15, 0.2) is 17.5 Å². The summed E-state index contributed by atoms with van der Waals surface area (Å²) in [6.07, 6.45) is 2.32. The quantitative estimate of drug-likeness (QED) is 0.683. The highest BCUT2D eigenvalue weighted by molar-refractivity contribution is 5.93. The number of aromatic nitrogens is 3. The van der Waals surface area contributed by atoms with Gasteiger partial charge in [-0.3, -0.25) is 9.48 Å². The molecule has 1 amide bonds. The van der Waals surface area contributed by atoms with E-state index in [2.05, 4.69) is 20.7 Å². The summed E-state index contributed by atoms with van der Waals surface area (Å²) in [5, 5.41) is 10.1. The largest absolute Gasteiger partial charge is 0.352 e. The third kappa shape index (κ3) is 2.91. The van der Waals surface area contributed by atoms with Crippen LogP contribution in [-0.2, 0) is 18.3 Å². The Hall–Kier alpha value is -1.69. The molecule has 0 unspecified atom stereocenters. The number of hydrogen-bond donors (Lipinski definition) is 2. The molecular formula is C11H17N5O. The summed E-state index contributed by atoms with van der Waals surface area (Å²) in [4.78, 5) is 15.8. The minimum atomic E-state index is 0.0115. The van der Waals surface area contributed by atoms with Crippen molar-refractivity contribution in [2.45, 2.75) is 13.3 Å². The molecule has 0 bridgehead atoms. The van der Waals surface area contributed by atoms with Crippen LogP contribution in [0.5, 0.6) is 0 Å². The van der Waals surface area contributed by atoms with E-state index in [1.165, 1.54) is 5.57 Å². The van der Waals surface area contributed by atoms with Gasteiger partial charge >= 0.3 is 0 Å². The van der Waals surface area contributed by atoms with Crippen molar-refractivity contribution in [2.24, 2.45) is 7.05 Å². The van der Waals surface area contributed by atoms with Crippen molar-refractivity contribution >= 4 is 5.91 Å². The molecule has 2 heterocycles. The number of carbonyl (C=O) groups excluding carboxylic acids is 1. The summed E-state index contributed by atoms with van der Waals surface area (Å²) in [5.74, 6) is 0.765. The van der Waals surface area contributed by atoms with Crippen molar-refractivity contribution in [2.75, 3.05) is 19.6 Å². The highest BCUT2D eigenvalue weighted by Gasteiger charge is 2.15. The molecule has 1 aliphatic rings. The minimum Gasteiger partial charge on any atom is -0.352 e. The molecule has 6 nitrogen and oxygen atoms in total. The number of aryl methyl sites for hydroxylation is 1. The van der Waals surface area contributed by atoms with Crippen molar-refractivity contribution in [1.29, 1.82) is 0 Å². The first-order chi connectivity index (χ1) is 8.16. The van der Waals surface area contributed by atoms with Gasteiger partial charge in [0.1, 0.15) is 6.33 Å². The Balaban J connectivity index is 1.77. The monoisotopic (exact) mass is 235 g/mol. The maximum absolute atomic E-state index is 11.7. The number of carbonyl (C=O) groups is 1. The Morgan fingerprint density at radius 3 is 2.88 bits per heavy atom. The van der Waals surface area contributed by atoms with E-state index in [1.54, 1.807) is 11.0 Å². The van der Waals surface area contributed by atoms with E-state index in [-0.39, 0.29) is 5.91 Å². The lowest BCUT2D eigenvalue weighted by atomic mass is 10.0. The Labute approximate surface area is 100 Å². The van der Waals surface area contributed by atoms with Gasteiger partial charge < -0.3 is 10.6 Å². The summed E-state index contributed by atoms with van der Waals surface area (Å²) in [6, 6.07) is 0. The molecule has 2 N–H and O–H groups in total. The van der Waals surface area contributed by atoms with E-state index < -0.39 is 0 Å². The summed E-state index contributed by atoms with van der Waals surface area (Å²) >= 11 is 0. The van der Waals surface area contributed by atoms with Gasteiger partial charge in [-0.1, -0.05) is 0 Å². The molecule has 1 aromatic heterocycles. The number of nitrogens with one attached hydrogen (secondary N) is 2. The molecule has 6 heteroatoms. The second kappa shape index (κ2) is 5.09. The molecule has 1 aliphatic heterocycles. The van der Waals surface area contributed by atoms with Gasteiger partial charge in [0.05, 0.1) is 0 Å². The molecule has 0 aliphatic carbocycles.